The maximum absolute atomic E-state index is 12.4. The van der Waals surface area contributed by atoms with Gasteiger partial charge >= 0.3 is 6.03 Å². The van der Waals surface area contributed by atoms with E-state index < -0.39 is 10.0 Å². The third kappa shape index (κ3) is 4.60. The number of urea groups is 1. The summed E-state index contributed by atoms with van der Waals surface area (Å²) in [7, 11) is -3.35. The highest BCUT2D eigenvalue weighted by atomic mass is 32.2. The van der Waals surface area contributed by atoms with E-state index in [1.54, 1.807) is 29.2 Å². The molecule has 2 rings (SSSR count). The van der Waals surface area contributed by atoms with E-state index in [4.69, 9.17) is 5.73 Å². The lowest BCUT2D eigenvalue weighted by molar-refractivity contribution is 0.166. The summed E-state index contributed by atoms with van der Waals surface area (Å²) >= 11 is 0. The Balaban J connectivity index is 2.06. The zero-order valence-corrected chi connectivity index (χ0v) is 13.4. The van der Waals surface area contributed by atoms with Gasteiger partial charge in [-0.3, -0.25) is 4.72 Å². The molecule has 0 bridgehead atoms. The molecule has 4 N–H and O–H groups in total. The fourth-order valence-electron chi connectivity index (χ4n) is 2.58. The Bertz CT molecular complexity index is 633. The third-order valence-electron chi connectivity index (χ3n) is 3.58. The molecule has 1 aliphatic heterocycles. The molecule has 1 aromatic carbocycles. The van der Waals surface area contributed by atoms with Gasteiger partial charge in [-0.2, -0.15) is 0 Å². The number of piperidine rings is 1. The van der Waals surface area contributed by atoms with Gasteiger partial charge in [-0.25, -0.2) is 13.2 Å². The quantitative estimate of drug-likeness (QED) is 0.778. The fraction of sp³-hybridized carbons (Fsp3) is 0.500. The van der Waals surface area contributed by atoms with Crippen molar-refractivity contribution < 1.29 is 13.2 Å². The number of amides is 2. The van der Waals surface area contributed by atoms with E-state index in [1.165, 1.54) is 0 Å². The van der Waals surface area contributed by atoms with Gasteiger partial charge in [0.2, 0.25) is 10.0 Å². The Morgan fingerprint density at radius 2 is 2.09 bits per heavy atom. The molecule has 0 spiro atoms. The molecule has 0 saturated carbocycles. The second kappa shape index (κ2) is 6.97. The van der Waals surface area contributed by atoms with Crippen LogP contribution < -0.4 is 15.8 Å². The molecule has 1 aliphatic rings. The number of hydrogen-bond acceptors (Lipinski definition) is 4. The van der Waals surface area contributed by atoms with Crippen LogP contribution in [0.2, 0.25) is 0 Å². The maximum Gasteiger partial charge on any atom is 0.322 e. The summed E-state index contributed by atoms with van der Waals surface area (Å²) < 4.78 is 24.9. The first-order valence-electron chi connectivity index (χ1n) is 7.24. The van der Waals surface area contributed by atoms with Crippen molar-refractivity contribution in [1.82, 2.24) is 4.90 Å². The highest BCUT2D eigenvalue weighted by Crippen LogP contribution is 2.20. The minimum atomic E-state index is -3.35. The van der Waals surface area contributed by atoms with E-state index in [1.807, 2.05) is 0 Å². The third-order valence-corrected chi connectivity index (χ3v) is 4.18. The summed E-state index contributed by atoms with van der Waals surface area (Å²) in [6.07, 6.45) is 4.05. The number of nitrogens with two attached hydrogens (primary N) is 1. The molecule has 1 saturated heterocycles. The number of sulfonamides is 1. The molecule has 8 heteroatoms. The van der Waals surface area contributed by atoms with Crippen molar-refractivity contribution in [3.8, 4) is 0 Å². The number of benzene rings is 1. The average molecular weight is 326 g/mol. The van der Waals surface area contributed by atoms with Gasteiger partial charge < -0.3 is 16.0 Å². The molecule has 2 amide bonds. The minimum absolute atomic E-state index is 0.0612. The second-order valence-electron chi connectivity index (χ2n) is 5.46. The van der Waals surface area contributed by atoms with Crippen molar-refractivity contribution in [3.63, 3.8) is 0 Å². The zero-order valence-electron chi connectivity index (χ0n) is 12.6. The Morgan fingerprint density at radius 3 is 2.77 bits per heavy atom. The van der Waals surface area contributed by atoms with Crippen molar-refractivity contribution in [2.75, 3.05) is 29.4 Å². The van der Waals surface area contributed by atoms with Gasteiger partial charge in [0, 0.05) is 24.8 Å². The van der Waals surface area contributed by atoms with Crippen molar-refractivity contribution in [1.29, 1.82) is 0 Å². The normalized spacial score (nSPS) is 18.8. The summed E-state index contributed by atoms with van der Waals surface area (Å²) in [6.45, 7) is 1.14. The molecule has 1 atom stereocenters. The van der Waals surface area contributed by atoms with Gasteiger partial charge in [0.15, 0.2) is 0 Å². The maximum atomic E-state index is 12.4. The number of rotatable bonds is 4. The number of anilines is 2. The van der Waals surface area contributed by atoms with Crippen LogP contribution in [0, 0.1) is 0 Å². The van der Waals surface area contributed by atoms with E-state index in [9.17, 15) is 13.2 Å². The summed E-state index contributed by atoms with van der Waals surface area (Å²) in [5.41, 5.74) is 6.67. The number of likely N-dealkylation sites (tertiary alicyclic amines) is 1. The number of carbonyl (C=O) groups excluding carboxylic acids is 1. The highest BCUT2D eigenvalue weighted by molar-refractivity contribution is 7.92. The van der Waals surface area contributed by atoms with Gasteiger partial charge in [0.25, 0.3) is 0 Å². The van der Waals surface area contributed by atoms with Crippen LogP contribution in [-0.2, 0) is 10.0 Å². The van der Waals surface area contributed by atoms with Crippen molar-refractivity contribution in [2.24, 2.45) is 5.73 Å². The van der Waals surface area contributed by atoms with Crippen LogP contribution in [0.25, 0.3) is 0 Å². The van der Waals surface area contributed by atoms with Crippen LogP contribution in [-0.4, -0.2) is 44.7 Å². The lowest BCUT2D eigenvalue weighted by Crippen LogP contribution is -2.49. The van der Waals surface area contributed by atoms with Gasteiger partial charge in [0.1, 0.15) is 0 Å². The topological polar surface area (TPSA) is 105 Å². The standard InChI is InChI=1S/C14H22N4O3S/c1-22(20,21)17-12-6-4-5-11(9-12)16-14(19)18-8-3-2-7-13(18)10-15/h4-6,9,13,17H,2-3,7-8,10,15H2,1H3,(H,16,19)/t13-/m0/s1. The summed E-state index contributed by atoms with van der Waals surface area (Å²) in [6, 6.07) is 6.46. The summed E-state index contributed by atoms with van der Waals surface area (Å²) in [4.78, 5) is 14.1. The monoisotopic (exact) mass is 326 g/mol. The Hall–Kier alpha value is -1.80. The molecule has 0 unspecified atom stereocenters. The van der Waals surface area contributed by atoms with Gasteiger partial charge in [-0.1, -0.05) is 6.07 Å². The summed E-state index contributed by atoms with van der Waals surface area (Å²) in [5.74, 6) is 0. The number of nitrogens with zero attached hydrogens (tertiary/aromatic N) is 1. The average Bonchev–Trinajstić information content (AvgIpc) is 2.45. The second-order valence-corrected chi connectivity index (χ2v) is 7.21. The Labute approximate surface area is 130 Å². The van der Waals surface area contributed by atoms with Crippen LogP contribution >= 0.6 is 0 Å². The largest absolute Gasteiger partial charge is 0.328 e. The van der Waals surface area contributed by atoms with Crippen LogP contribution in [0.15, 0.2) is 24.3 Å². The molecule has 7 nitrogen and oxygen atoms in total. The fourth-order valence-corrected chi connectivity index (χ4v) is 3.14. The van der Waals surface area contributed by atoms with Gasteiger partial charge in [-0.05, 0) is 37.5 Å². The lowest BCUT2D eigenvalue weighted by Gasteiger charge is -2.35. The van der Waals surface area contributed by atoms with Crippen LogP contribution in [0.5, 0.6) is 0 Å². The first-order valence-corrected chi connectivity index (χ1v) is 9.14. The highest BCUT2D eigenvalue weighted by Gasteiger charge is 2.25. The summed E-state index contributed by atoms with van der Waals surface area (Å²) in [5, 5.41) is 2.80. The number of carbonyl (C=O) groups is 1. The Morgan fingerprint density at radius 1 is 1.36 bits per heavy atom. The van der Waals surface area contributed by atoms with Crippen LogP contribution in [0.1, 0.15) is 19.3 Å². The predicted molar refractivity (Wildman–Crippen MR) is 87.3 cm³/mol. The SMILES string of the molecule is CS(=O)(=O)Nc1cccc(NC(=O)N2CCCC[C@H]2CN)c1. The van der Waals surface area contributed by atoms with E-state index in [2.05, 4.69) is 10.0 Å². The minimum Gasteiger partial charge on any atom is -0.328 e. The molecule has 1 aromatic rings. The molecular formula is C14H22N4O3S. The number of hydrogen-bond donors (Lipinski definition) is 3. The van der Waals surface area contributed by atoms with E-state index in [0.717, 1.165) is 25.5 Å². The molecule has 122 valence electrons. The van der Waals surface area contributed by atoms with E-state index in [-0.39, 0.29) is 12.1 Å². The van der Waals surface area contributed by atoms with Crippen molar-refractivity contribution in [2.45, 2.75) is 25.3 Å². The molecule has 0 aromatic heterocycles. The first-order chi connectivity index (χ1) is 10.4. The van der Waals surface area contributed by atoms with E-state index in [0.29, 0.717) is 24.5 Å². The van der Waals surface area contributed by atoms with Crippen LogP contribution in [0.3, 0.4) is 0 Å². The number of nitrogens with one attached hydrogen (secondary N) is 2. The molecule has 22 heavy (non-hydrogen) atoms. The predicted octanol–water partition coefficient (Wildman–Crippen LogP) is 1.40. The first kappa shape index (κ1) is 16.6. The Kier molecular flexibility index (Phi) is 5.25. The smallest absolute Gasteiger partial charge is 0.322 e. The van der Waals surface area contributed by atoms with Gasteiger partial charge in [0.05, 0.1) is 11.9 Å². The molecule has 1 heterocycles. The molecular weight excluding hydrogens is 304 g/mol. The molecule has 0 aliphatic carbocycles. The van der Waals surface area contributed by atoms with Crippen molar-refractivity contribution >= 4 is 27.4 Å². The lowest BCUT2D eigenvalue weighted by atomic mass is 10.0. The van der Waals surface area contributed by atoms with Crippen molar-refractivity contribution in [3.05, 3.63) is 24.3 Å². The molecule has 1 fully saturated rings. The van der Waals surface area contributed by atoms with E-state index >= 15 is 0 Å². The zero-order chi connectivity index (χ0) is 16.2. The molecule has 0 radical (unpaired) electrons. The van der Waals surface area contributed by atoms with Crippen LogP contribution in [0.4, 0.5) is 16.2 Å². The van der Waals surface area contributed by atoms with Gasteiger partial charge in [-0.15, -0.1) is 0 Å².